The SMILES string of the molecule is O=C1c2cccnc2C(=O)N1c1ccc(I)cc1Cl. The second-order valence-electron chi connectivity index (χ2n) is 3.94. The van der Waals surface area contributed by atoms with Crippen molar-refractivity contribution in [2.75, 3.05) is 4.90 Å². The quantitative estimate of drug-likeness (QED) is 0.561. The molecule has 2 aromatic rings. The summed E-state index contributed by atoms with van der Waals surface area (Å²) in [6.07, 6.45) is 1.49. The fraction of sp³-hybridized carbons (Fsp3) is 0. The molecule has 19 heavy (non-hydrogen) atoms. The van der Waals surface area contributed by atoms with Crippen molar-refractivity contribution in [2.24, 2.45) is 0 Å². The van der Waals surface area contributed by atoms with Gasteiger partial charge in [0.1, 0.15) is 5.69 Å². The zero-order chi connectivity index (χ0) is 13.6. The van der Waals surface area contributed by atoms with Gasteiger partial charge in [0, 0.05) is 9.77 Å². The molecule has 1 aliphatic rings. The maximum atomic E-state index is 12.2. The number of fused-ring (bicyclic) bond motifs is 1. The number of aromatic nitrogens is 1. The standard InChI is InChI=1S/C13H6ClIN2O2/c14-9-6-7(15)3-4-10(9)17-12(18)8-2-1-5-16-11(8)13(17)19/h1-6H. The molecule has 0 N–H and O–H groups in total. The molecular weight excluding hydrogens is 379 g/mol. The summed E-state index contributed by atoms with van der Waals surface area (Å²) in [4.78, 5) is 29.5. The molecule has 0 radical (unpaired) electrons. The van der Waals surface area contributed by atoms with E-state index < -0.39 is 11.8 Å². The average Bonchev–Trinajstić information content (AvgIpc) is 2.64. The minimum atomic E-state index is -0.441. The van der Waals surface area contributed by atoms with E-state index in [0.29, 0.717) is 16.3 Å². The first-order valence-corrected chi connectivity index (χ1v) is 6.84. The number of benzene rings is 1. The van der Waals surface area contributed by atoms with Gasteiger partial charge in [-0.3, -0.25) is 14.6 Å². The minimum absolute atomic E-state index is 0.169. The van der Waals surface area contributed by atoms with Crippen LogP contribution in [0.3, 0.4) is 0 Å². The van der Waals surface area contributed by atoms with E-state index in [1.165, 1.54) is 6.20 Å². The number of anilines is 1. The number of rotatable bonds is 1. The summed E-state index contributed by atoms with van der Waals surface area (Å²) in [5.41, 5.74) is 0.860. The van der Waals surface area contributed by atoms with Crippen molar-refractivity contribution in [1.29, 1.82) is 0 Å². The predicted octanol–water partition coefficient (Wildman–Crippen LogP) is 3.14. The average molecular weight is 385 g/mol. The largest absolute Gasteiger partial charge is 0.284 e. The van der Waals surface area contributed by atoms with Gasteiger partial charge in [-0.1, -0.05) is 11.6 Å². The second kappa shape index (κ2) is 4.57. The normalized spacial score (nSPS) is 13.9. The van der Waals surface area contributed by atoms with Crippen LogP contribution in [0.2, 0.25) is 5.02 Å². The molecule has 6 heteroatoms. The Balaban J connectivity index is 2.14. The highest BCUT2D eigenvalue weighted by molar-refractivity contribution is 14.1. The summed E-state index contributed by atoms with van der Waals surface area (Å²) in [5, 5.41) is 0.362. The van der Waals surface area contributed by atoms with Crippen molar-refractivity contribution < 1.29 is 9.59 Å². The number of hydrogen-bond donors (Lipinski definition) is 0. The van der Waals surface area contributed by atoms with Crippen molar-refractivity contribution in [3.63, 3.8) is 0 Å². The van der Waals surface area contributed by atoms with E-state index in [4.69, 9.17) is 11.6 Å². The molecule has 0 saturated carbocycles. The zero-order valence-electron chi connectivity index (χ0n) is 9.43. The highest BCUT2D eigenvalue weighted by Crippen LogP contribution is 2.33. The molecule has 2 heterocycles. The first-order valence-electron chi connectivity index (χ1n) is 5.38. The Morgan fingerprint density at radius 1 is 1.16 bits per heavy atom. The third-order valence-electron chi connectivity index (χ3n) is 2.80. The summed E-state index contributed by atoms with van der Waals surface area (Å²) in [6.45, 7) is 0. The van der Waals surface area contributed by atoms with E-state index in [0.717, 1.165) is 8.47 Å². The Hall–Kier alpha value is -1.47. The third-order valence-corrected chi connectivity index (χ3v) is 3.77. The van der Waals surface area contributed by atoms with Gasteiger partial charge in [0.25, 0.3) is 11.8 Å². The lowest BCUT2D eigenvalue weighted by molar-refractivity contribution is 0.0924. The van der Waals surface area contributed by atoms with E-state index in [1.54, 1.807) is 30.3 Å². The zero-order valence-corrected chi connectivity index (χ0v) is 12.3. The van der Waals surface area contributed by atoms with Gasteiger partial charge in [-0.15, -0.1) is 0 Å². The van der Waals surface area contributed by atoms with Crippen LogP contribution in [-0.4, -0.2) is 16.8 Å². The number of imide groups is 1. The number of hydrogen-bond acceptors (Lipinski definition) is 3. The lowest BCUT2D eigenvalue weighted by atomic mass is 10.2. The molecule has 0 atom stereocenters. The molecule has 94 valence electrons. The summed E-state index contributed by atoms with van der Waals surface area (Å²) in [5.74, 6) is -0.833. The maximum absolute atomic E-state index is 12.2. The summed E-state index contributed by atoms with van der Waals surface area (Å²) in [6, 6.07) is 8.37. The van der Waals surface area contributed by atoms with Crippen LogP contribution in [0, 0.1) is 3.57 Å². The molecular formula is C13H6ClIN2O2. The van der Waals surface area contributed by atoms with Gasteiger partial charge in [-0.05, 0) is 52.9 Å². The first-order chi connectivity index (χ1) is 9.09. The van der Waals surface area contributed by atoms with Crippen molar-refractivity contribution in [1.82, 2.24) is 4.98 Å². The number of carbonyl (C=O) groups excluding carboxylic acids is 2. The Labute approximate surface area is 127 Å². The van der Waals surface area contributed by atoms with E-state index in [1.807, 2.05) is 0 Å². The Morgan fingerprint density at radius 2 is 1.95 bits per heavy atom. The fourth-order valence-electron chi connectivity index (χ4n) is 1.95. The molecule has 0 unspecified atom stereocenters. The van der Waals surface area contributed by atoms with Gasteiger partial charge in [0.2, 0.25) is 0 Å². The molecule has 1 aromatic carbocycles. The summed E-state index contributed by atoms with van der Waals surface area (Å²) < 4.78 is 0.932. The molecule has 4 nitrogen and oxygen atoms in total. The summed E-state index contributed by atoms with van der Waals surface area (Å²) >= 11 is 8.22. The monoisotopic (exact) mass is 384 g/mol. The van der Waals surface area contributed by atoms with Gasteiger partial charge in [0.05, 0.1) is 16.3 Å². The fourth-order valence-corrected chi connectivity index (χ4v) is 2.89. The molecule has 1 aliphatic heterocycles. The number of amides is 2. The van der Waals surface area contributed by atoms with Crippen LogP contribution in [0.4, 0.5) is 5.69 Å². The second-order valence-corrected chi connectivity index (χ2v) is 5.59. The Morgan fingerprint density at radius 3 is 2.63 bits per heavy atom. The van der Waals surface area contributed by atoms with Crippen LogP contribution in [0.1, 0.15) is 20.8 Å². The van der Waals surface area contributed by atoms with Gasteiger partial charge < -0.3 is 0 Å². The number of carbonyl (C=O) groups is 2. The molecule has 0 bridgehead atoms. The van der Waals surface area contributed by atoms with Crippen LogP contribution in [-0.2, 0) is 0 Å². The van der Waals surface area contributed by atoms with E-state index in [-0.39, 0.29) is 5.69 Å². The molecule has 0 saturated heterocycles. The lowest BCUT2D eigenvalue weighted by Gasteiger charge is -2.15. The first kappa shape index (κ1) is 12.6. The highest BCUT2D eigenvalue weighted by Gasteiger charge is 2.38. The van der Waals surface area contributed by atoms with Crippen molar-refractivity contribution in [3.05, 3.63) is 56.4 Å². The molecule has 1 aromatic heterocycles. The molecule has 0 aliphatic carbocycles. The van der Waals surface area contributed by atoms with Gasteiger partial charge in [-0.2, -0.15) is 0 Å². The van der Waals surface area contributed by atoms with Crippen LogP contribution in [0.5, 0.6) is 0 Å². The molecule has 2 amide bonds. The van der Waals surface area contributed by atoms with Gasteiger partial charge >= 0.3 is 0 Å². The van der Waals surface area contributed by atoms with Crippen LogP contribution < -0.4 is 4.90 Å². The summed E-state index contributed by atoms with van der Waals surface area (Å²) in [7, 11) is 0. The van der Waals surface area contributed by atoms with Crippen molar-refractivity contribution in [2.45, 2.75) is 0 Å². The van der Waals surface area contributed by atoms with E-state index >= 15 is 0 Å². The Bertz CT molecular complexity index is 683. The predicted molar refractivity (Wildman–Crippen MR) is 79.5 cm³/mol. The van der Waals surface area contributed by atoms with Crippen LogP contribution >= 0.6 is 34.2 Å². The van der Waals surface area contributed by atoms with Crippen LogP contribution in [0.25, 0.3) is 0 Å². The third kappa shape index (κ3) is 1.93. The maximum Gasteiger partial charge on any atom is 0.284 e. The number of halogens is 2. The van der Waals surface area contributed by atoms with Gasteiger partial charge in [-0.25, -0.2) is 4.90 Å². The minimum Gasteiger partial charge on any atom is -0.268 e. The smallest absolute Gasteiger partial charge is 0.268 e. The highest BCUT2D eigenvalue weighted by atomic mass is 127. The molecule has 0 spiro atoms. The number of nitrogens with zero attached hydrogens (tertiary/aromatic N) is 2. The van der Waals surface area contributed by atoms with E-state index in [9.17, 15) is 9.59 Å². The van der Waals surface area contributed by atoms with E-state index in [2.05, 4.69) is 27.6 Å². The Kier molecular flexibility index (Phi) is 3.02. The topological polar surface area (TPSA) is 50.3 Å². The van der Waals surface area contributed by atoms with Crippen molar-refractivity contribution >= 4 is 51.7 Å². The molecule has 3 rings (SSSR count). The number of pyridine rings is 1. The van der Waals surface area contributed by atoms with Crippen molar-refractivity contribution in [3.8, 4) is 0 Å². The lowest BCUT2D eigenvalue weighted by Crippen LogP contribution is -2.29. The van der Waals surface area contributed by atoms with Crippen LogP contribution in [0.15, 0.2) is 36.5 Å². The molecule has 0 fully saturated rings. The van der Waals surface area contributed by atoms with Gasteiger partial charge in [0.15, 0.2) is 0 Å².